The summed E-state index contributed by atoms with van der Waals surface area (Å²) in [5.41, 5.74) is 5.42. The molecule has 0 aromatic rings. The van der Waals surface area contributed by atoms with Crippen molar-refractivity contribution in [1.82, 2.24) is 0 Å². The minimum absolute atomic E-state index is 0.253. The Bertz CT molecular complexity index is 164. The molecule has 2 atom stereocenters. The Kier molecular flexibility index (Phi) is 7.99. The number of thioether (sulfide) groups is 1. The monoisotopic (exact) mass is 219 g/mol. The summed E-state index contributed by atoms with van der Waals surface area (Å²) < 4.78 is 0. The number of nitrogens with two attached hydrogens (primary N) is 1. The van der Waals surface area contributed by atoms with E-state index in [2.05, 4.69) is 6.92 Å². The van der Waals surface area contributed by atoms with E-state index in [4.69, 9.17) is 10.8 Å². The van der Waals surface area contributed by atoms with Crippen LogP contribution >= 0.6 is 11.8 Å². The van der Waals surface area contributed by atoms with Crippen LogP contribution in [0.15, 0.2) is 0 Å². The number of carbonyl (C=O) groups is 1. The zero-order valence-electron chi connectivity index (χ0n) is 9.03. The third-order valence-electron chi connectivity index (χ3n) is 2.07. The first kappa shape index (κ1) is 13.8. The first-order valence-corrected chi connectivity index (χ1v) is 6.14. The van der Waals surface area contributed by atoms with Crippen molar-refractivity contribution in [1.29, 1.82) is 0 Å². The molecule has 0 fully saturated rings. The van der Waals surface area contributed by atoms with Crippen molar-refractivity contribution in [3.8, 4) is 0 Å². The lowest BCUT2D eigenvalue weighted by atomic mass is 10.2. The molecule has 2 unspecified atom stereocenters. The molecule has 0 aliphatic carbocycles. The van der Waals surface area contributed by atoms with Gasteiger partial charge in [0.05, 0.1) is 0 Å². The first-order chi connectivity index (χ1) is 6.61. The lowest BCUT2D eigenvalue weighted by Crippen LogP contribution is -2.20. The van der Waals surface area contributed by atoms with Crippen molar-refractivity contribution in [3.63, 3.8) is 0 Å². The molecule has 84 valence electrons. The van der Waals surface area contributed by atoms with Crippen molar-refractivity contribution in [2.45, 2.75) is 50.0 Å². The summed E-state index contributed by atoms with van der Waals surface area (Å²) in [6.45, 7) is 4.75. The standard InChI is InChI=1S/C10H21NO2S/c1-3-4-5-9(10(12)13)14-8(2)6-7-11/h8-9H,3-7,11H2,1-2H3,(H,12,13). The van der Waals surface area contributed by atoms with Crippen LogP contribution in [0.2, 0.25) is 0 Å². The molecule has 0 saturated carbocycles. The fraction of sp³-hybridized carbons (Fsp3) is 0.900. The fourth-order valence-corrected chi connectivity index (χ4v) is 2.47. The summed E-state index contributed by atoms with van der Waals surface area (Å²) in [6.07, 6.45) is 3.70. The highest BCUT2D eigenvalue weighted by Gasteiger charge is 2.19. The molecule has 0 amide bonds. The SMILES string of the molecule is CCCCC(SC(C)CCN)C(=O)O. The minimum Gasteiger partial charge on any atom is -0.480 e. The van der Waals surface area contributed by atoms with Gasteiger partial charge < -0.3 is 10.8 Å². The van der Waals surface area contributed by atoms with E-state index in [1.165, 1.54) is 11.8 Å². The molecule has 0 heterocycles. The Labute approximate surface area is 90.4 Å². The zero-order chi connectivity index (χ0) is 11.0. The van der Waals surface area contributed by atoms with Gasteiger partial charge in [0, 0.05) is 5.25 Å². The summed E-state index contributed by atoms with van der Waals surface area (Å²) >= 11 is 1.54. The minimum atomic E-state index is -0.688. The van der Waals surface area contributed by atoms with Gasteiger partial charge in [-0.05, 0) is 19.4 Å². The molecule has 0 bridgehead atoms. The summed E-state index contributed by atoms with van der Waals surface area (Å²) in [7, 11) is 0. The zero-order valence-corrected chi connectivity index (χ0v) is 9.85. The molecule has 0 saturated heterocycles. The van der Waals surface area contributed by atoms with Crippen LogP contribution in [0.5, 0.6) is 0 Å². The van der Waals surface area contributed by atoms with Crippen molar-refractivity contribution in [3.05, 3.63) is 0 Å². The molecule has 0 aliphatic heterocycles. The van der Waals surface area contributed by atoms with Gasteiger partial charge in [0.1, 0.15) is 5.25 Å². The second kappa shape index (κ2) is 8.12. The average Bonchev–Trinajstić information content (AvgIpc) is 2.12. The van der Waals surface area contributed by atoms with Crippen LogP contribution in [-0.4, -0.2) is 28.1 Å². The normalized spacial score (nSPS) is 15.1. The topological polar surface area (TPSA) is 63.3 Å². The van der Waals surface area contributed by atoms with Gasteiger partial charge >= 0.3 is 5.97 Å². The second-order valence-electron chi connectivity index (χ2n) is 3.49. The molecule has 0 aromatic carbocycles. The smallest absolute Gasteiger partial charge is 0.316 e. The van der Waals surface area contributed by atoms with Gasteiger partial charge in [0.15, 0.2) is 0 Å². The summed E-state index contributed by atoms with van der Waals surface area (Å²) in [5, 5.41) is 9.06. The average molecular weight is 219 g/mol. The second-order valence-corrected chi connectivity index (χ2v) is 5.14. The van der Waals surface area contributed by atoms with E-state index in [1.807, 2.05) is 6.92 Å². The Morgan fingerprint density at radius 1 is 1.50 bits per heavy atom. The molecule has 14 heavy (non-hydrogen) atoms. The molecular weight excluding hydrogens is 198 g/mol. The lowest BCUT2D eigenvalue weighted by molar-refractivity contribution is -0.136. The van der Waals surface area contributed by atoms with E-state index < -0.39 is 5.97 Å². The van der Waals surface area contributed by atoms with Gasteiger partial charge in [-0.25, -0.2) is 0 Å². The fourth-order valence-electron chi connectivity index (χ4n) is 1.22. The Hall–Kier alpha value is -0.220. The number of aliphatic carboxylic acids is 1. The van der Waals surface area contributed by atoms with E-state index in [1.54, 1.807) is 0 Å². The molecule has 4 heteroatoms. The van der Waals surface area contributed by atoms with E-state index >= 15 is 0 Å². The summed E-state index contributed by atoms with van der Waals surface area (Å²) in [4.78, 5) is 10.9. The van der Waals surface area contributed by atoms with Crippen LogP contribution in [0.1, 0.15) is 39.5 Å². The van der Waals surface area contributed by atoms with Crippen LogP contribution in [0.3, 0.4) is 0 Å². The van der Waals surface area contributed by atoms with Crippen LogP contribution in [0, 0.1) is 0 Å². The third-order valence-corrected chi connectivity index (χ3v) is 3.53. The van der Waals surface area contributed by atoms with Crippen molar-refractivity contribution < 1.29 is 9.90 Å². The van der Waals surface area contributed by atoms with E-state index in [0.717, 1.165) is 25.7 Å². The number of unbranched alkanes of at least 4 members (excludes halogenated alkanes) is 1. The Balaban J connectivity index is 3.89. The highest BCUT2D eigenvalue weighted by Crippen LogP contribution is 2.24. The lowest BCUT2D eigenvalue weighted by Gasteiger charge is -2.16. The third kappa shape index (κ3) is 6.27. The molecule has 0 spiro atoms. The van der Waals surface area contributed by atoms with Crippen molar-refractivity contribution in [2.75, 3.05) is 6.54 Å². The number of rotatable bonds is 8. The van der Waals surface area contributed by atoms with Gasteiger partial charge in [-0.3, -0.25) is 4.79 Å². The molecule has 3 N–H and O–H groups in total. The van der Waals surface area contributed by atoms with E-state index in [0.29, 0.717) is 11.8 Å². The maximum absolute atomic E-state index is 10.9. The summed E-state index contributed by atoms with van der Waals surface area (Å²) in [6, 6.07) is 0. The largest absolute Gasteiger partial charge is 0.480 e. The number of carboxylic acid groups (broad SMARTS) is 1. The number of carboxylic acids is 1. The van der Waals surface area contributed by atoms with E-state index in [-0.39, 0.29) is 5.25 Å². The molecule has 0 rings (SSSR count). The highest BCUT2D eigenvalue weighted by molar-refractivity contribution is 8.01. The highest BCUT2D eigenvalue weighted by atomic mass is 32.2. The van der Waals surface area contributed by atoms with Gasteiger partial charge in [-0.1, -0.05) is 26.7 Å². The first-order valence-electron chi connectivity index (χ1n) is 5.20. The Morgan fingerprint density at radius 2 is 2.14 bits per heavy atom. The molecule has 0 aliphatic rings. The van der Waals surface area contributed by atoms with E-state index in [9.17, 15) is 4.79 Å². The quantitative estimate of drug-likeness (QED) is 0.656. The number of hydrogen-bond donors (Lipinski definition) is 2. The molecule has 3 nitrogen and oxygen atoms in total. The van der Waals surface area contributed by atoms with Crippen LogP contribution < -0.4 is 5.73 Å². The molecule has 0 aromatic heterocycles. The van der Waals surface area contributed by atoms with Gasteiger partial charge in [0.25, 0.3) is 0 Å². The molecule has 0 radical (unpaired) electrons. The maximum Gasteiger partial charge on any atom is 0.316 e. The van der Waals surface area contributed by atoms with Crippen LogP contribution in [0.25, 0.3) is 0 Å². The maximum atomic E-state index is 10.9. The predicted molar refractivity (Wildman–Crippen MR) is 61.7 cm³/mol. The van der Waals surface area contributed by atoms with Crippen molar-refractivity contribution in [2.24, 2.45) is 5.73 Å². The van der Waals surface area contributed by atoms with Crippen LogP contribution in [0.4, 0.5) is 0 Å². The van der Waals surface area contributed by atoms with Crippen LogP contribution in [-0.2, 0) is 4.79 Å². The summed E-state index contributed by atoms with van der Waals surface area (Å²) in [5.74, 6) is -0.688. The van der Waals surface area contributed by atoms with Crippen molar-refractivity contribution >= 4 is 17.7 Å². The van der Waals surface area contributed by atoms with Gasteiger partial charge in [-0.15, -0.1) is 11.8 Å². The Morgan fingerprint density at radius 3 is 2.57 bits per heavy atom. The van der Waals surface area contributed by atoms with Gasteiger partial charge in [-0.2, -0.15) is 0 Å². The number of hydrogen-bond acceptors (Lipinski definition) is 3. The predicted octanol–water partition coefficient (Wildman–Crippen LogP) is 2.10. The molecular formula is C10H21NO2S. The van der Waals surface area contributed by atoms with Gasteiger partial charge in [0.2, 0.25) is 0 Å².